The van der Waals surface area contributed by atoms with E-state index in [2.05, 4.69) is 20.5 Å². The lowest BCUT2D eigenvalue weighted by Gasteiger charge is -2.33. The van der Waals surface area contributed by atoms with Crippen LogP contribution in [0.5, 0.6) is 0 Å². The van der Waals surface area contributed by atoms with E-state index in [0.29, 0.717) is 0 Å². The summed E-state index contributed by atoms with van der Waals surface area (Å²) in [6.07, 6.45) is 0. The second kappa shape index (κ2) is 3.93. The van der Waals surface area contributed by atoms with Crippen LogP contribution in [0.4, 0.5) is 0 Å². The lowest BCUT2D eigenvalue weighted by molar-refractivity contribution is 0.189. The molecule has 0 saturated carbocycles. The summed E-state index contributed by atoms with van der Waals surface area (Å²) in [6.45, 7) is 4.77. The van der Waals surface area contributed by atoms with Crippen LogP contribution >= 0.6 is 0 Å². The van der Waals surface area contributed by atoms with Crippen LogP contribution in [0, 0.1) is 0 Å². The van der Waals surface area contributed by atoms with Crippen molar-refractivity contribution >= 4 is 5.96 Å². The molecule has 0 amide bonds. The average Bonchev–Trinajstić information content (AvgIpc) is 2.71. The molecule has 1 saturated heterocycles. The van der Waals surface area contributed by atoms with Crippen molar-refractivity contribution in [2.75, 3.05) is 39.3 Å². The summed E-state index contributed by atoms with van der Waals surface area (Å²) < 4.78 is 0. The number of nitrogens with zero attached hydrogens (tertiary/aromatic N) is 2. The largest absolute Gasteiger partial charge is 0.395 e. The highest BCUT2D eigenvalue weighted by molar-refractivity contribution is 5.81. The third-order valence-corrected chi connectivity index (χ3v) is 2.43. The molecule has 13 heavy (non-hydrogen) atoms. The van der Waals surface area contributed by atoms with Gasteiger partial charge in [-0.3, -0.25) is 4.99 Å². The summed E-state index contributed by atoms with van der Waals surface area (Å²) in [5.74, 6) is 1.000. The molecule has 2 heterocycles. The van der Waals surface area contributed by atoms with Crippen LogP contribution in [0.3, 0.4) is 0 Å². The highest BCUT2D eigenvalue weighted by Gasteiger charge is 2.22. The summed E-state index contributed by atoms with van der Waals surface area (Å²) in [6, 6.07) is 0.193. The van der Waals surface area contributed by atoms with Crippen LogP contribution in [-0.2, 0) is 0 Å². The zero-order valence-electron chi connectivity index (χ0n) is 7.66. The fourth-order valence-corrected chi connectivity index (χ4v) is 1.74. The summed E-state index contributed by atoms with van der Waals surface area (Å²) in [5.41, 5.74) is 0. The molecule has 2 rings (SSSR count). The minimum absolute atomic E-state index is 0.193. The van der Waals surface area contributed by atoms with Crippen LogP contribution in [0.1, 0.15) is 0 Å². The predicted molar refractivity (Wildman–Crippen MR) is 50.8 cm³/mol. The zero-order chi connectivity index (χ0) is 9.10. The maximum absolute atomic E-state index is 9.00. The van der Waals surface area contributed by atoms with Crippen molar-refractivity contribution in [1.29, 1.82) is 0 Å². The summed E-state index contributed by atoms with van der Waals surface area (Å²) in [5, 5.41) is 15.5. The third kappa shape index (κ3) is 1.92. The average molecular weight is 184 g/mol. The Balaban J connectivity index is 1.91. The van der Waals surface area contributed by atoms with E-state index in [-0.39, 0.29) is 12.6 Å². The van der Waals surface area contributed by atoms with Gasteiger partial charge in [0.1, 0.15) is 0 Å². The van der Waals surface area contributed by atoms with E-state index >= 15 is 0 Å². The molecule has 0 aromatic heterocycles. The maximum atomic E-state index is 9.00. The van der Waals surface area contributed by atoms with Crippen molar-refractivity contribution in [2.24, 2.45) is 4.99 Å². The quantitative estimate of drug-likeness (QED) is 0.450. The van der Waals surface area contributed by atoms with Crippen molar-refractivity contribution in [3.63, 3.8) is 0 Å². The van der Waals surface area contributed by atoms with Gasteiger partial charge in [-0.2, -0.15) is 0 Å². The molecule has 1 unspecified atom stereocenters. The normalized spacial score (nSPS) is 28.5. The highest BCUT2D eigenvalue weighted by atomic mass is 16.3. The Morgan fingerprint density at radius 1 is 1.54 bits per heavy atom. The molecule has 1 fully saturated rings. The standard InChI is InChI=1S/C8H16N4O/c13-6-7-5-12(4-3-9-7)8-10-1-2-11-8/h7,9,13H,1-6H2,(H,10,11). The molecule has 3 N–H and O–H groups in total. The third-order valence-electron chi connectivity index (χ3n) is 2.43. The zero-order valence-corrected chi connectivity index (χ0v) is 7.66. The number of guanidine groups is 1. The van der Waals surface area contributed by atoms with Crippen LogP contribution in [0.25, 0.3) is 0 Å². The second-order valence-corrected chi connectivity index (χ2v) is 3.41. The molecule has 2 aliphatic heterocycles. The van der Waals surface area contributed by atoms with Crippen molar-refractivity contribution in [3.8, 4) is 0 Å². The van der Waals surface area contributed by atoms with E-state index < -0.39 is 0 Å². The van der Waals surface area contributed by atoms with Gasteiger partial charge < -0.3 is 20.6 Å². The smallest absolute Gasteiger partial charge is 0.194 e. The molecular weight excluding hydrogens is 168 g/mol. The maximum Gasteiger partial charge on any atom is 0.194 e. The first-order valence-corrected chi connectivity index (χ1v) is 4.77. The van der Waals surface area contributed by atoms with Crippen LogP contribution < -0.4 is 10.6 Å². The first-order chi connectivity index (χ1) is 6.40. The monoisotopic (exact) mass is 184 g/mol. The minimum atomic E-state index is 0.193. The van der Waals surface area contributed by atoms with Gasteiger partial charge >= 0.3 is 0 Å². The van der Waals surface area contributed by atoms with Gasteiger partial charge in [0.25, 0.3) is 0 Å². The van der Waals surface area contributed by atoms with Crippen molar-refractivity contribution < 1.29 is 5.11 Å². The number of aliphatic imine (C=N–C) groups is 1. The Kier molecular flexibility index (Phi) is 2.65. The first-order valence-electron chi connectivity index (χ1n) is 4.77. The van der Waals surface area contributed by atoms with Gasteiger partial charge in [-0.25, -0.2) is 0 Å². The van der Waals surface area contributed by atoms with Gasteiger partial charge in [0.2, 0.25) is 0 Å². The number of aliphatic hydroxyl groups is 1. The van der Waals surface area contributed by atoms with Gasteiger partial charge in [0.05, 0.1) is 13.2 Å². The fraction of sp³-hybridized carbons (Fsp3) is 0.875. The molecule has 0 aliphatic carbocycles. The SMILES string of the molecule is OCC1CN(C2=NCCN2)CCN1. The number of rotatable bonds is 1. The minimum Gasteiger partial charge on any atom is -0.395 e. The number of hydrogen-bond acceptors (Lipinski definition) is 5. The van der Waals surface area contributed by atoms with Gasteiger partial charge in [-0.15, -0.1) is 0 Å². The Bertz CT molecular complexity index is 206. The van der Waals surface area contributed by atoms with E-state index in [1.807, 2.05) is 0 Å². The van der Waals surface area contributed by atoms with Gasteiger partial charge in [-0.05, 0) is 0 Å². The van der Waals surface area contributed by atoms with Gasteiger partial charge in [0.15, 0.2) is 5.96 Å². The lowest BCUT2D eigenvalue weighted by atomic mass is 10.2. The number of hydrogen-bond donors (Lipinski definition) is 3. The van der Waals surface area contributed by atoms with Crippen LogP contribution in [0.2, 0.25) is 0 Å². The highest BCUT2D eigenvalue weighted by Crippen LogP contribution is 2.01. The summed E-state index contributed by atoms with van der Waals surface area (Å²) in [7, 11) is 0. The molecule has 0 spiro atoms. The molecule has 5 nitrogen and oxygen atoms in total. The molecule has 0 radical (unpaired) electrons. The van der Waals surface area contributed by atoms with Crippen molar-refractivity contribution in [2.45, 2.75) is 6.04 Å². The van der Waals surface area contributed by atoms with Gasteiger partial charge in [0, 0.05) is 32.2 Å². The number of aliphatic hydroxyl groups excluding tert-OH is 1. The van der Waals surface area contributed by atoms with E-state index in [1.54, 1.807) is 0 Å². The molecular formula is C8H16N4O. The Morgan fingerprint density at radius 3 is 3.15 bits per heavy atom. The summed E-state index contributed by atoms with van der Waals surface area (Å²) >= 11 is 0. The molecule has 1 atom stereocenters. The Labute approximate surface area is 77.8 Å². The van der Waals surface area contributed by atoms with E-state index in [1.165, 1.54) is 0 Å². The topological polar surface area (TPSA) is 59.9 Å². The van der Waals surface area contributed by atoms with E-state index in [4.69, 9.17) is 5.11 Å². The Hall–Kier alpha value is -0.810. The van der Waals surface area contributed by atoms with Crippen molar-refractivity contribution in [3.05, 3.63) is 0 Å². The molecule has 0 bridgehead atoms. The lowest BCUT2D eigenvalue weighted by Crippen LogP contribution is -2.55. The van der Waals surface area contributed by atoms with Crippen LogP contribution in [-0.4, -0.2) is 61.3 Å². The van der Waals surface area contributed by atoms with Crippen LogP contribution in [0.15, 0.2) is 4.99 Å². The predicted octanol–water partition coefficient (Wildman–Crippen LogP) is -1.79. The fourth-order valence-electron chi connectivity index (χ4n) is 1.74. The summed E-state index contributed by atoms with van der Waals surface area (Å²) in [4.78, 5) is 6.55. The van der Waals surface area contributed by atoms with E-state index in [9.17, 15) is 0 Å². The molecule has 5 heteroatoms. The molecule has 74 valence electrons. The van der Waals surface area contributed by atoms with E-state index in [0.717, 1.165) is 38.7 Å². The number of piperazine rings is 1. The molecule has 0 aromatic rings. The molecule has 2 aliphatic rings. The first kappa shape index (κ1) is 8.77. The number of nitrogens with one attached hydrogen (secondary N) is 2. The van der Waals surface area contributed by atoms with Gasteiger partial charge in [-0.1, -0.05) is 0 Å². The second-order valence-electron chi connectivity index (χ2n) is 3.41. The van der Waals surface area contributed by atoms with Crippen molar-refractivity contribution in [1.82, 2.24) is 15.5 Å². The Morgan fingerprint density at radius 2 is 2.46 bits per heavy atom. The molecule has 0 aromatic carbocycles.